The van der Waals surface area contributed by atoms with Crippen LogP contribution >= 0.6 is 15.9 Å². The van der Waals surface area contributed by atoms with Gasteiger partial charge in [0.2, 0.25) is 0 Å². The molecule has 0 aromatic heterocycles. The summed E-state index contributed by atoms with van der Waals surface area (Å²) in [4.78, 5) is 12.3. The number of halogens is 1. The van der Waals surface area contributed by atoms with Gasteiger partial charge in [0.1, 0.15) is 11.5 Å². The van der Waals surface area contributed by atoms with Crippen molar-refractivity contribution in [3.63, 3.8) is 0 Å². The lowest BCUT2D eigenvalue weighted by atomic mass is 10.2. The van der Waals surface area contributed by atoms with Crippen molar-refractivity contribution in [1.29, 1.82) is 0 Å². The Hall–Kier alpha value is -2.01. The van der Waals surface area contributed by atoms with Gasteiger partial charge in [0.25, 0.3) is 5.91 Å². The molecule has 0 bridgehead atoms. The summed E-state index contributed by atoms with van der Waals surface area (Å²) in [6, 6.07) is 14.6. The van der Waals surface area contributed by atoms with E-state index in [0.717, 1.165) is 15.9 Å². The molecule has 22 heavy (non-hydrogen) atoms. The molecular formula is C17H18BrNO3. The highest BCUT2D eigenvalue weighted by Gasteiger charge is 2.18. The van der Waals surface area contributed by atoms with Gasteiger partial charge in [-0.25, -0.2) is 0 Å². The van der Waals surface area contributed by atoms with Gasteiger partial charge in [0.05, 0.1) is 7.11 Å². The van der Waals surface area contributed by atoms with E-state index in [1.54, 1.807) is 31.4 Å². The van der Waals surface area contributed by atoms with Crippen molar-refractivity contribution in [2.75, 3.05) is 12.4 Å². The van der Waals surface area contributed by atoms with Crippen LogP contribution in [0.25, 0.3) is 0 Å². The number of rotatable bonds is 6. The van der Waals surface area contributed by atoms with Crippen molar-refractivity contribution in [2.45, 2.75) is 19.4 Å². The van der Waals surface area contributed by atoms with Gasteiger partial charge in [-0.1, -0.05) is 28.9 Å². The molecule has 0 fully saturated rings. The second-order valence-corrected chi connectivity index (χ2v) is 5.61. The van der Waals surface area contributed by atoms with Gasteiger partial charge in [-0.05, 0) is 48.9 Å². The van der Waals surface area contributed by atoms with Gasteiger partial charge in [-0.3, -0.25) is 4.79 Å². The smallest absolute Gasteiger partial charge is 0.265 e. The Morgan fingerprint density at radius 2 is 1.86 bits per heavy atom. The van der Waals surface area contributed by atoms with Crippen LogP contribution in [0, 0.1) is 0 Å². The lowest BCUT2D eigenvalue weighted by Crippen LogP contribution is -2.32. The summed E-state index contributed by atoms with van der Waals surface area (Å²) in [5.74, 6) is 1.22. The zero-order valence-corrected chi connectivity index (χ0v) is 14.1. The Morgan fingerprint density at radius 1 is 1.18 bits per heavy atom. The third-order valence-corrected chi connectivity index (χ3v) is 3.59. The maximum atomic E-state index is 12.3. The van der Waals surface area contributed by atoms with Crippen LogP contribution in [0.15, 0.2) is 53.0 Å². The second kappa shape index (κ2) is 7.84. The first-order chi connectivity index (χ1) is 10.6. The van der Waals surface area contributed by atoms with E-state index in [9.17, 15) is 4.79 Å². The normalized spacial score (nSPS) is 11.6. The van der Waals surface area contributed by atoms with Crippen molar-refractivity contribution >= 4 is 27.5 Å². The molecule has 0 aliphatic rings. The fourth-order valence-corrected chi connectivity index (χ4v) is 2.33. The van der Waals surface area contributed by atoms with E-state index in [1.165, 1.54) is 0 Å². The predicted molar refractivity (Wildman–Crippen MR) is 90.5 cm³/mol. The molecule has 2 rings (SSSR count). The Morgan fingerprint density at radius 3 is 2.45 bits per heavy atom. The van der Waals surface area contributed by atoms with E-state index in [1.807, 2.05) is 31.2 Å². The molecule has 0 aliphatic heterocycles. The van der Waals surface area contributed by atoms with Crippen LogP contribution in [0.3, 0.4) is 0 Å². The zero-order valence-electron chi connectivity index (χ0n) is 12.5. The van der Waals surface area contributed by atoms with Gasteiger partial charge in [0, 0.05) is 10.2 Å². The lowest BCUT2D eigenvalue weighted by Gasteiger charge is -2.17. The minimum Gasteiger partial charge on any atom is -0.497 e. The zero-order chi connectivity index (χ0) is 15.9. The van der Waals surface area contributed by atoms with E-state index in [2.05, 4.69) is 21.2 Å². The average Bonchev–Trinajstić information content (AvgIpc) is 2.53. The van der Waals surface area contributed by atoms with Gasteiger partial charge in [0.15, 0.2) is 6.10 Å². The van der Waals surface area contributed by atoms with Gasteiger partial charge in [-0.15, -0.1) is 0 Å². The van der Waals surface area contributed by atoms with Gasteiger partial charge < -0.3 is 14.8 Å². The predicted octanol–water partition coefficient (Wildman–Crippen LogP) is 4.25. The number of benzene rings is 2. The molecule has 1 amide bonds. The van der Waals surface area contributed by atoms with Crippen molar-refractivity contribution in [2.24, 2.45) is 0 Å². The number of amides is 1. The Balaban J connectivity index is 2.02. The van der Waals surface area contributed by atoms with Crippen LogP contribution in [0.4, 0.5) is 5.69 Å². The highest BCUT2D eigenvalue weighted by Crippen LogP contribution is 2.20. The Kier molecular flexibility index (Phi) is 5.83. The summed E-state index contributed by atoms with van der Waals surface area (Å²) in [5.41, 5.74) is 0.733. The van der Waals surface area contributed by atoms with Crippen molar-refractivity contribution in [3.8, 4) is 11.5 Å². The number of nitrogens with one attached hydrogen (secondary N) is 1. The molecule has 116 valence electrons. The van der Waals surface area contributed by atoms with Crippen LogP contribution in [0.1, 0.15) is 13.3 Å². The number of ether oxygens (including phenoxy) is 2. The third-order valence-electron chi connectivity index (χ3n) is 3.09. The molecule has 0 unspecified atom stereocenters. The van der Waals surface area contributed by atoms with Crippen LogP contribution in [0.2, 0.25) is 0 Å². The molecule has 1 N–H and O–H groups in total. The number of hydrogen-bond donors (Lipinski definition) is 1. The monoisotopic (exact) mass is 363 g/mol. The summed E-state index contributed by atoms with van der Waals surface area (Å²) >= 11 is 3.38. The average molecular weight is 364 g/mol. The second-order valence-electron chi connectivity index (χ2n) is 4.69. The minimum atomic E-state index is -0.549. The van der Waals surface area contributed by atoms with E-state index in [-0.39, 0.29) is 5.91 Å². The Bertz CT molecular complexity index is 628. The lowest BCUT2D eigenvalue weighted by molar-refractivity contribution is -0.122. The van der Waals surface area contributed by atoms with Gasteiger partial charge >= 0.3 is 0 Å². The minimum absolute atomic E-state index is 0.170. The topological polar surface area (TPSA) is 47.6 Å². The number of carbonyl (C=O) groups excluding carboxylic acids is 1. The number of carbonyl (C=O) groups is 1. The molecule has 0 radical (unpaired) electrons. The van der Waals surface area contributed by atoms with Crippen molar-refractivity contribution < 1.29 is 14.3 Å². The molecule has 0 heterocycles. The first-order valence-corrected chi connectivity index (χ1v) is 7.79. The number of hydrogen-bond acceptors (Lipinski definition) is 3. The largest absolute Gasteiger partial charge is 0.497 e. The highest BCUT2D eigenvalue weighted by atomic mass is 79.9. The molecule has 1 atom stereocenters. The van der Waals surface area contributed by atoms with E-state index in [4.69, 9.17) is 9.47 Å². The van der Waals surface area contributed by atoms with Gasteiger partial charge in [-0.2, -0.15) is 0 Å². The molecule has 0 saturated heterocycles. The maximum Gasteiger partial charge on any atom is 0.265 e. The fraction of sp³-hybridized carbons (Fsp3) is 0.235. The van der Waals surface area contributed by atoms with E-state index >= 15 is 0 Å². The molecule has 2 aromatic rings. The molecular weight excluding hydrogens is 346 g/mol. The van der Waals surface area contributed by atoms with Crippen LogP contribution in [0.5, 0.6) is 11.5 Å². The fourth-order valence-electron chi connectivity index (χ4n) is 1.93. The molecule has 0 saturated carbocycles. The molecule has 4 nitrogen and oxygen atoms in total. The summed E-state index contributed by atoms with van der Waals surface area (Å²) in [6.45, 7) is 1.91. The SMILES string of the molecule is CC[C@H](Oc1ccc(OC)cc1)C(=O)Nc1cccc(Br)c1. The van der Waals surface area contributed by atoms with E-state index in [0.29, 0.717) is 12.2 Å². The first kappa shape index (κ1) is 16.4. The van der Waals surface area contributed by atoms with Crippen LogP contribution < -0.4 is 14.8 Å². The Labute approximate surface area is 138 Å². The van der Waals surface area contributed by atoms with E-state index < -0.39 is 6.10 Å². The quantitative estimate of drug-likeness (QED) is 0.834. The standard InChI is InChI=1S/C17H18BrNO3/c1-3-16(22-15-9-7-14(21-2)8-10-15)17(20)19-13-6-4-5-12(18)11-13/h4-11,16H,3H2,1-2H3,(H,19,20)/t16-/m0/s1. The molecule has 0 aliphatic carbocycles. The summed E-state index contributed by atoms with van der Waals surface area (Å²) in [7, 11) is 1.61. The maximum absolute atomic E-state index is 12.3. The van der Waals surface area contributed by atoms with Crippen LogP contribution in [-0.2, 0) is 4.79 Å². The summed E-state index contributed by atoms with van der Waals surface area (Å²) in [6.07, 6.45) is 0.0265. The molecule has 0 spiro atoms. The first-order valence-electron chi connectivity index (χ1n) is 6.99. The number of methoxy groups -OCH3 is 1. The third kappa shape index (κ3) is 4.49. The van der Waals surface area contributed by atoms with Crippen molar-refractivity contribution in [1.82, 2.24) is 0 Å². The van der Waals surface area contributed by atoms with Crippen LogP contribution in [-0.4, -0.2) is 19.1 Å². The summed E-state index contributed by atoms with van der Waals surface area (Å²) in [5, 5.41) is 2.86. The molecule has 2 aromatic carbocycles. The van der Waals surface area contributed by atoms with Crippen molar-refractivity contribution in [3.05, 3.63) is 53.0 Å². The molecule has 5 heteroatoms. The number of anilines is 1. The summed E-state index contributed by atoms with van der Waals surface area (Å²) < 4.78 is 11.8. The highest BCUT2D eigenvalue weighted by molar-refractivity contribution is 9.10.